The molecule has 1 aliphatic heterocycles. The summed E-state index contributed by atoms with van der Waals surface area (Å²) in [6.45, 7) is 9.98. The first-order valence-electron chi connectivity index (χ1n) is 12.5. The number of benzene rings is 2. The molecule has 0 aliphatic carbocycles. The third-order valence-corrected chi connectivity index (χ3v) is 6.53. The van der Waals surface area contributed by atoms with Crippen molar-refractivity contribution >= 4 is 5.71 Å². The predicted octanol–water partition coefficient (Wildman–Crippen LogP) is 5.88. The van der Waals surface area contributed by atoms with Gasteiger partial charge in [0.15, 0.2) is 0 Å². The Kier molecular flexibility index (Phi) is 7.99. The molecule has 0 saturated carbocycles. The highest BCUT2D eigenvalue weighted by Gasteiger charge is 2.21. The van der Waals surface area contributed by atoms with Gasteiger partial charge in [0.25, 0.3) is 5.56 Å². The van der Waals surface area contributed by atoms with Crippen molar-refractivity contribution in [2.75, 3.05) is 13.1 Å². The van der Waals surface area contributed by atoms with Gasteiger partial charge in [0.05, 0.1) is 5.69 Å². The zero-order valence-corrected chi connectivity index (χ0v) is 21.2. The minimum atomic E-state index is -0.745. The Labute approximate surface area is 210 Å². The number of rotatable bonds is 7. The summed E-state index contributed by atoms with van der Waals surface area (Å²) >= 11 is 0. The van der Waals surface area contributed by atoms with Crippen molar-refractivity contribution in [3.63, 3.8) is 0 Å². The summed E-state index contributed by atoms with van der Waals surface area (Å²) in [6.07, 6.45) is 3.14. The quantitative estimate of drug-likeness (QED) is 0.330. The van der Waals surface area contributed by atoms with E-state index in [0.717, 1.165) is 48.8 Å². The van der Waals surface area contributed by atoms with Crippen molar-refractivity contribution < 1.29 is 13.6 Å². The highest BCUT2D eigenvalue weighted by molar-refractivity contribution is 6.12. The molecular weight excluding hydrogens is 460 g/mol. The monoisotopic (exact) mass is 493 g/mol. The van der Waals surface area contributed by atoms with Crippen LogP contribution in [0.15, 0.2) is 64.7 Å². The van der Waals surface area contributed by atoms with Crippen LogP contribution in [-0.4, -0.2) is 29.5 Å². The van der Waals surface area contributed by atoms with Crippen LogP contribution in [0.1, 0.15) is 74.6 Å². The third kappa shape index (κ3) is 5.57. The van der Waals surface area contributed by atoms with Crippen molar-refractivity contribution in [2.24, 2.45) is 5.16 Å². The van der Waals surface area contributed by atoms with Gasteiger partial charge in [0.1, 0.15) is 23.5 Å². The second-order valence-electron chi connectivity index (χ2n) is 9.84. The van der Waals surface area contributed by atoms with E-state index in [1.165, 1.54) is 18.2 Å². The van der Waals surface area contributed by atoms with Crippen molar-refractivity contribution in [1.29, 1.82) is 0 Å². The smallest absolute Gasteiger partial charge is 0.255 e. The molecule has 0 bridgehead atoms. The Bertz CT molecular complexity index is 1280. The van der Waals surface area contributed by atoms with Gasteiger partial charge >= 0.3 is 0 Å². The Balaban J connectivity index is 1.89. The normalized spacial score (nSPS) is 15.1. The Morgan fingerprint density at radius 2 is 1.67 bits per heavy atom. The minimum Gasteiger partial charge on any atom is -0.392 e. The molecule has 1 fully saturated rings. The maximum absolute atomic E-state index is 14.9. The molecule has 3 aromatic rings. The molecule has 2 aromatic carbocycles. The summed E-state index contributed by atoms with van der Waals surface area (Å²) in [5, 5.41) is 7.64. The van der Waals surface area contributed by atoms with Gasteiger partial charge < -0.3 is 10.2 Å². The highest BCUT2D eigenvalue weighted by atomic mass is 19.1. The zero-order chi connectivity index (χ0) is 25.8. The van der Waals surface area contributed by atoms with Gasteiger partial charge in [0, 0.05) is 29.5 Å². The second kappa shape index (κ2) is 11.2. The van der Waals surface area contributed by atoms with E-state index in [4.69, 9.17) is 4.84 Å². The van der Waals surface area contributed by atoms with Crippen LogP contribution >= 0.6 is 0 Å². The van der Waals surface area contributed by atoms with Gasteiger partial charge in [-0.05, 0) is 67.1 Å². The standard InChI is InChI=1S/C29H33F2N3O2/c1-18(2)23-6-5-7-24(19(3)4)29(23)34-17-20(8-11-27(34)35)28(25-10-9-21(30)16-26(25)31)33-36-22-12-14-32-15-13-22/h5-11,16-19,22,32H,12-15H2,1-4H3. The minimum absolute atomic E-state index is 0.107. The van der Waals surface area contributed by atoms with Gasteiger partial charge in [-0.2, -0.15) is 0 Å². The number of nitrogens with one attached hydrogen (secondary N) is 1. The van der Waals surface area contributed by atoms with E-state index in [2.05, 4.69) is 38.2 Å². The van der Waals surface area contributed by atoms with Gasteiger partial charge in [-0.3, -0.25) is 9.36 Å². The summed E-state index contributed by atoms with van der Waals surface area (Å²) < 4.78 is 30.3. The third-order valence-electron chi connectivity index (χ3n) is 6.53. The maximum Gasteiger partial charge on any atom is 0.255 e. The molecule has 1 aromatic heterocycles. The van der Waals surface area contributed by atoms with Crippen LogP contribution < -0.4 is 10.9 Å². The molecule has 1 N–H and O–H groups in total. The predicted molar refractivity (Wildman–Crippen MR) is 139 cm³/mol. The van der Waals surface area contributed by atoms with E-state index in [1.54, 1.807) is 16.8 Å². The van der Waals surface area contributed by atoms with Crippen LogP contribution in [0.5, 0.6) is 0 Å². The Morgan fingerprint density at radius 1 is 1.00 bits per heavy atom. The van der Waals surface area contributed by atoms with Gasteiger partial charge in [-0.25, -0.2) is 8.78 Å². The lowest BCUT2D eigenvalue weighted by molar-refractivity contribution is 0.0378. The van der Waals surface area contributed by atoms with Crippen molar-refractivity contribution in [3.8, 4) is 5.69 Å². The molecule has 0 radical (unpaired) electrons. The average molecular weight is 494 g/mol. The van der Waals surface area contributed by atoms with Gasteiger partial charge in [-0.15, -0.1) is 0 Å². The molecule has 4 rings (SSSR count). The Morgan fingerprint density at radius 3 is 2.28 bits per heavy atom. The van der Waals surface area contributed by atoms with Crippen LogP contribution in [0.2, 0.25) is 0 Å². The molecule has 36 heavy (non-hydrogen) atoms. The highest BCUT2D eigenvalue weighted by Crippen LogP contribution is 2.30. The summed E-state index contributed by atoms with van der Waals surface area (Å²) in [5.41, 5.74) is 3.53. The molecule has 5 nitrogen and oxygen atoms in total. The SMILES string of the molecule is CC(C)c1cccc(C(C)C)c1-n1cc(C(=NOC2CCNCC2)c2ccc(F)cc2F)ccc1=O. The number of aromatic nitrogens is 1. The average Bonchev–Trinajstić information content (AvgIpc) is 2.86. The summed E-state index contributed by atoms with van der Waals surface area (Å²) in [7, 11) is 0. The molecule has 1 saturated heterocycles. The number of oxime groups is 1. The molecule has 190 valence electrons. The molecule has 0 spiro atoms. The number of halogens is 2. The van der Waals surface area contributed by atoms with Crippen LogP contribution in [0.4, 0.5) is 8.78 Å². The molecule has 0 unspecified atom stereocenters. The maximum atomic E-state index is 14.9. The lowest BCUT2D eigenvalue weighted by Gasteiger charge is -2.22. The van der Waals surface area contributed by atoms with E-state index in [-0.39, 0.29) is 34.8 Å². The molecule has 2 heterocycles. The van der Waals surface area contributed by atoms with E-state index in [1.807, 2.05) is 18.2 Å². The molecule has 7 heteroatoms. The van der Waals surface area contributed by atoms with E-state index < -0.39 is 11.6 Å². The molecule has 1 aliphatic rings. The first kappa shape index (κ1) is 25.8. The van der Waals surface area contributed by atoms with Crippen molar-refractivity contribution in [2.45, 2.75) is 58.5 Å². The summed E-state index contributed by atoms with van der Waals surface area (Å²) in [6, 6.07) is 12.5. The Hall–Kier alpha value is -3.32. The summed E-state index contributed by atoms with van der Waals surface area (Å²) in [5.74, 6) is -1.06. The zero-order valence-electron chi connectivity index (χ0n) is 21.2. The van der Waals surface area contributed by atoms with E-state index >= 15 is 0 Å². The van der Waals surface area contributed by atoms with Crippen LogP contribution in [0, 0.1) is 11.6 Å². The van der Waals surface area contributed by atoms with Crippen LogP contribution in [0.3, 0.4) is 0 Å². The van der Waals surface area contributed by atoms with E-state index in [0.29, 0.717) is 5.56 Å². The number of piperidine rings is 1. The fourth-order valence-corrected chi connectivity index (χ4v) is 4.56. The lowest BCUT2D eigenvalue weighted by Crippen LogP contribution is -2.31. The van der Waals surface area contributed by atoms with Crippen LogP contribution in [0.25, 0.3) is 5.69 Å². The topological polar surface area (TPSA) is 55.6 Å². The van der Waals surface area contributed by atoms with E-state index in [9.17, 15) is 13.6 Å². The lowest BCUT2D eigenvalue weighted by atomic mass is 9.92. The number of para-hydroxylation sites is 1. The van der Waals surface area contributed by atoms with Gasteiger partial charge in [-0.1, -0.05) is 51.0 Å². The number of nitrogens with zero attached hydrogens (tertiary/aromatic N) is 2. The molecular formula is C29H33F2N3O2. The molecule has 0 amide bonds. The van der Waals surface area contributed by atoms with Gasteiger partial charge in [0.2, 0.25) is 0 Å². The van der Waals surface area contributed by atoms with Crippen LogP contribution in [-0.2, 0) is 4.84 Å². The van der Waals surface area contributed by atoms with Crippen molar-refractivity contribution in [1.82, 2.24) is 9.88 Å². The number of hydrogen-bond donors (Lipinski definition) is 1. The fraction of sp³-hybridized carbons (Fsp3) is 0.379. The fourth-order valence-electron chi connectivity index (χ4n) is 4.56. The van der Waals surface area contributed by atoms with Crippen molar-refractivity contribution in [3.05, 3.63) is 99.0 Å². The second-order valence-corrected chi connectivity index (χ2v) is 9.84. The largest absolute Gasteiger partial charge is 0.392 e. The number of pyridine rings is 1. The summed E-state index contributed by atoms with van der Waals surface area (Å²) in [4.78, 5) is 19.0. The first-order chi connectivity index (χ1) is 17.3. The first-order valence-corrected chi connectivity index (χ1v) is 12.5. The number of hydrogen-bond acceptors (Lipinski definition) is 4. The molecule has 0 atom stereocenters.